The molecule has 0 aromatic heterocycles. The summed E-state index contributed by atoms with van der Waals surface area (Å²) >= 11 is 0. The highest BCUT2D eigenvalue weighted by molar-refractivity contribution is 5.76. The SMILES string of the molecule is CCC(C)(C)C(=O)OC1(C)C2CC3C4CC5CC36CC(C5)(C6C2)C41. The smallest absolute Gasteiger partial charge is 0.312 e. The molecule has 8 bridgehead atoms. The number of ether oxygens (including phenoxy) is 1. The van der Waals surface area contributed by atoms with Crippen molar-refractivity contribution < 1.29 is 9.53 Å². The summed E-state index contributed by atoms with van der Waals surface area (Å²) in [5, 5.41) is 0. The monoisotopic (exact) mass is 328 g/mol. The molecule has 9 saturated carbocycles. The van der Waals surface area contributed by atoms with Crippen molar-refractivity contribution in [3.63, 3.8) is 0 Å². The number of esters is 1. The van der Waals surface area contributed by atoms with Crippen LogP contribution in [0.25, 0.3) is 0 Å². The molecule has 132 valence electrons. The van der Waals surface area contributed by atoms with Gasteiger partial charge in [-0.2, -0.15) is 0 Å². The molecule has 0 aromatic rings. The highest BCUT2D eigenvalue weighted by atomic mass is 16.6. The van der Waals surface area contributed by atoms with Crippen molar-refractivity contribution in [2.75, 3.05) is 0 Å². The van der Waals surface area contributed by atoms with Crippen LogP contribution in [0, 0.1) is 51.8 Å². The second-order valence-corrected chi connectivity index (χ2v) is 11.4. The van der Waals surface area contributed by atoms with Gasteiger partial charge < -0.3 is 4.74 Å². The fourth-order valence-electron chi connectivity index (χ4n) is 9.72. The average Bonchev–Trinajstić information content (AvgIpc) is 2.51. The van der Waals surface area contributed by atoms with Crippen molar-refractivity contribution in [1.29, 1.82) is 0 Å². The summed E-state index contributed by atoms with van der Waals surface area (Å²) in [6.07, 6.45) is 9.54. The van der Waals surface area contributed by atoms with E-state index in [2.05, 4.69) is 27.7 Å². The van der Waals surface area contributed by atoms with Crippen molar-refractivity contribution in [3.8, 4) is 0 Å². The highest BCUT2D eigenvalue weighted by Gasteiger charge is 2.87. The normalized spacial score (nSPS) is 61.2. The maximum atomic E-state index is 13.0. The summed E-state index contributed by atoms with van der Waals surface area (Å²) in [7, 11) is 0. The molecule has 0 aliphatic heterocycles. The van der Waals surface area contributed by atoms with Gasteiger partial charge in [0, 0.05) is 5.92 Å². The Labute approximate surface area is 146 Å². The molecule has 0 heterocycles. The van der Waals surface area contributed by atoms with E-state index in [1.165, 1.54) is 32.1 Å². The Morgan fingerprint density at radius 3 is 2.67 bits per heavy atom. The van der Waals surface area contributed by atoms with Crippen LogP contribution in [0.3, 0.4) is 0 Å². The lowest BCUT2D eigenvalue weighted by molar-refractivity contribution is -0.427. The molecule has 2 heteroatoms. The lowest BCUT2D eigenvalue weighted by Gasteiger charge is -2.89. The van der Waals surface area contributed by atoms with Crippen molar-refractivity contribution in [1.82, 2.24) is 0 Å². The summed E-state index contributed by atoms with van der Waals surface area (Å²) in [6.45, 7) is 8.57. The van der Waals surface area contributed by atoms with Gasteiger partial charge in [0.1, 0.15) is 5.60 Å². The highest BCUT2D eigenvalue weighted by Crippen LogP contribution is 2.91. The molecule has 9 unspecified atom stereocenters. The van der Waals surface area contributed by atoms with Gasteiger partial charge in [-0.15, -0.1) is 0 Å². The van der Waals surface area contributed by atoms with E-state index in [4.69, 9.17) is 4.74 Å². The number of carbonyl (C=O) groups excluding carboxylic acids is 1. The van der Waals surface area contributed by atoms with Gasteiger partial charge in [-0.05, 0) is 106 Å². The van der Waals surface area contributed by atoms with Crippen LogP contribution in [-0.4, -0.2) is 11.6 Å². The van der Waals surface area contributed by atoms with Gasteiger partial charge in [0.05, 0.1) is 5.41 Å². The number of rotatable bonds is 3. The predicted molar refractivity (Wildman–Crippen MR) is 92.1 cm³/mol. The third kappa shape index (κ3) is 1.23. The van der Waals surface area contributed by atoms with E-state index in [1.807, 2.05) is 0 Å². The van der Waals surface area contributed by atoms with Crippen LogP contribution in [-0.2, 0) is 9.53 Å². The molecule has 0 radical (unpaired) electrons. The van der Waals surface area contributed by atoms with Crippen LogP contribution in [0.1, 0.15) is 72.6 Å². The molecule has 24 heavy (non-hydrogen) atoms. The topological polar surface area (TPSA) is 26.3 Å². The van der Waals surface area contributed by atoms with Gasteiger partial charge in [-0.1, -0.05) is 6.92 Å². The van der Waals surface area contributed by atoms with Crippen LogP contribution in [0.4, 0.5) is 0 Å². The van der Waals surface area contributed by atoms with Crippen LogP contribution >= 0.6 is 0 Å². The first kappa shape index (κ1) is 14.6. The lowest BCUT2D eigenvalue weighted by atomic mass is 9.15. The summed E-state index contributed by atoms with van der Waals surface area (Å²) in [5.41, 5.74) is 0.820. The molecule has 9 rings (SSSR count). The fourth-order valence-corrected chi connectivity index (χ4v) is 9.72. The minimum Gasteiger partial charge on any atom is -0.458 e. The molecule has 9 aliphatic carbocycles. The van der Waals surface area contributed by atoms with E-state index in [9.17, 15) is 4.79 Å². The van der Waals surface area contributed by atoms with Gasteiger partial charge in [-0.25, -0.2) is 0 Å². The Bertz CT molecular complexity index is 642. The lowest BCUT2D eigenvalue weighted by Crippen LogP contribution is -2.85. The molecule has 0 aromatic carbocycles. The molecular weight excluding hydrogens is 296 g/mol. The minimum absolute atomic E-state index is 0.0636. The molecule has 0 N–H and O–H groups in total. The molecule has 2 nitrogen and oxygen atoms in total. The zero-order chi connectivity index (χ0) is 16.7. The van der Waals surface area contributed by atoms with Crippen LogP contribution in [0.5, 0.6) is 0 Å². The van der Waals surface area contributed by atoms with E-state index in [0.29, 0.717) is 17.3 Å². The predicted octanol–water partition coefficient (Wildman–Crippen LogP) is 4.82. The third-order valence-corrected chi connectivity index (χ3v) is 10.5. The summed E-state index contributed by atoms with van der Waals surface area (Å²) in [6, 6.07) is 0. The summed E-state index contributed by atoms with van der Waals surface area (Å²) < 4.78 is 6.51. The van der Waals surface area contributed by atoms with Gasteiger partial charge in [0.15, 0.2) is 0 Å². The van der Waals surface area contributed by atoms with Gasteiger partial charge in [0.25, 0.3) is 0 Å². The number of hydrogen-bond acceptors (Lipinski definition) is 2. The molecular formula is C22H32O2. The summed E-state index contributed by atoms with van der Waals surface area (Å²) in [5.74, 6) is 5.25. The van der Waals surface area contributed by atoms with E-state index >= 15 is 0 Å². The standard InChI is InChI=1S/C22H32O2/c1-5-19(2,3)18(23)24-20(4)13-7-15-14-6-12-9-21(15)11-22(10-12,17(14)20)16(21)8-13/h12-17H,5-11H2,1-4H3. The molecule has 9 fully saturated rings. The number of hydrogen-bond donors (Lipinski definition) is 0. The quantitative estimate of drug-likeness (QED) is 0.695. The van der Waals surface area contributed by atoms with Crippen molar-refractivity contribution in [2.24, 2.45) is 51.8 Å². The maximum absolute atomic E-state index is 13.0. The number of carbonyl (C=O) groups is 1. The van der Waals surface area contributed by atoms with E-state index in [0.717, 1.165) is 35.5 Å². The van der Waals surface area contributed by atoms with Crippen LogP contribution < -0.4 is 0 Å². The zero-order valence-corrected chi connectivity index (χ0v) is 15.7. The second-order valence-electron chi connectivity index (χ2n) is 11.4. The molecule has 0 amide bonds. The van der Waals surface area contributed by atoms with Gasteiger partial charge in [-0.3, -0.25) is 4.79 Å². The van der Waals surface area contributed by atoms with E-state index in [-0.39, 0.29) is 17.0 Å². The first-order valence-electron chi connectivity index (χ1n) is 10.5. The van der Waals surface area contributed by atoms with Crippen molar-refractivity contribution in [3.05, 3.63) is 0 Å². The third-order valence-electron chi connectivity index (χ3n) is 10.5. The second kappa shape index (κ2) is 3.76. The minimum atomic E-state index is -0.340. The van der Waals surface area contributed by atoms with Crippen LogP contribution in [0.15, 0.2) is 0 Å². The summed E-state index contributed by atoms with van der Waals surface area (Å²) in [4.78, 5) is 13.0. The first-order valence-corrected chi connectivity index (χ1v) is 10.5. The molecule has 0 saturated heterocycles. The fraction of sp³-hybridized carbons (Fsp3) is 0.955. The Kier molecular flexibility index (Phi) is 2.29. The average molecular weight is 328 g/mol. The maximum Gasteiger partial charge on any atom is 0.312 e. The molecule has 2 spiro atoms. The van der Waals surface area contributed by atoms with Crippen molar-refractivity contribution >= 4 is 5.97 Å². The van der Waals surface area contributed by atoms with E-state index < -0.39 is 0 Å². The van der Waals surface area contributed by atoms with E-state index in [1.54, 1.807) is 6.42 Å². The Balaban J connectivity index is 1.42. The Morgan fingerprint density at radius 1 is 1.17 bits per heavy atom. The molecule has 9 aliphatic rings. The zero-order valence-electron chi connectivity index (χ0n) is 15.7. The van der Waals surface area contributed by atoms with Crippen LogP contribution in [0.2, 0.25) is 0 Å². The van der Waals surface area contributed by atoms with Gasteiger partial charge in [0.2, 0.25) is 0 Å². The van der Waals surface area contributed by atoms with Gasteiger partial charge >= 0.3 is 5.97 Å². The first-order chi connectivity index (χ1) is 11.3. The molecule has 9 atom stereocenters. The Morgan fingerprint density at radius 2 is 1.92 bits per heavy atom. The van der Waals surface area contributed by atoms with Crippen molar-refractivity contribution in [2.45, 2.75) is 78.2 Å². The largest absolute Gasteiger partial charge is 0.458 e. The Hall–Kier alpha value is -0.530.